The lowest BCUT2D eigenvalue weighted by molar-refractivity contribution is -0.165. The number of rotatable bonds is 2. The summed E-state index contributed by atoms with van der Waals surface area (Å²) >= 11 is 0. The second-order valence-electron chi connectivity index (χ2n) is 7.36. The van der Waals surface area contributed by atoms with E-state index in [1.54, 1.807) is 0 Å². The molecule has 3 aliphatic heterocycles. The van der Waals surface area contributed by atoms with E-state index < -0.39 is 35.9 Å². The van der Waals surface area contributed by atoms with E-state index in [0.29, 0.717) is 6.42 Å². The maximum atomic E-state index is 12.9. The molecule has 0 aromatic rings. The Hall–Kier alpha value is -1.18. The van der Waals surface area contributed by atoms with Crippen LogP contribution in [0.1, 0.15) is 27.2 Å². The van der Waals surface area contributed by atoms with Crippen LogP contribution in [0.4, 0.5) is 0 Å². The smallest absolute Gasteiger partial charge is 0.337 e. The molecule has 0 bridgehead atoms. The number of hydrogen-bond donors (Lipinski definition) is 1. The van der Waals surface area contributed by atoms with Gasteiger partial charge < -0.3 is 19.3 Å². The normalized spacial score (nSPS) is 40.8. The number of aliphatic hydroxyl groups is 1. The van der Waals surface area contributed by atoms with Crippen molar-refractivity contribution >= 4 is 11.9 Å². The third kappa shape index (κ3) is 1.85. The van der Waals surface area contributed by atoms with E-state index in [0.717, 1.165) is 0 Å². The van der Waals surface area contributed by atoms with E-state index in [1.807, 2.05) is 20.8 Å². The molecule has 1 N–H and O–H groups in total. The second-order valence-corrected chi connectivity index (χ2v) is 7.36. The Kier molecular flexibility index (Phi) is 3.50. The minimum absolute atomic E-state index is 0.0622. The molecule has 1 amide bonds. The van der Waals surface area contributed by atoms with Gasteiger partial charge in [-0.1, -0.05) is 20.8 Å². The summed E-state index contributed by atoms with van der Waals surface area (Å²) < 4.78 is 16.6. The molecule has 3 heterocycles. The summed E-state index contributed by atoms with van der Waals surface area (Å²) in [5.74, 6) is -1.09. The number of carbonyl (C=O) groups is 2. The zero-order valence-electron chi connectivity index (χ0n) is 13.4. The fraction of sp³-hybridized carbons (Fsp3) is 0.867. The highest BCUT2D eigenvalue weighted by Crippen LogP contribution is 2.51. The topological polar surface area (TPSA) is 85.3 Å². The van der Waals surface area contributed by atoms with Crippen molar-refractivity contribution < 1.29 is 28.9 Å². The predicted molar refractivity (Wildman–Crippen MR) is 74.6 cm³/mol. The second kappa shape index (κ2) is 4.91. The van der Waals surface area contributed by atoms with Crippen LogP contribution in [0.15, 0.2) is 0 Å². The molecule has 7 nitrogen and oxygen atoms in total. The number of amides is 1. The van der Waals surface area contributed by atoms with E-state index in [4.69, 9.17) is 14.2 Å². The van der Waals surface area contributed by atoms with Crippen molar-refractivity contribution in [3.8, 4) is 0 Å². The Morgan fingerprint density at radius 3 is 2.73 bits per heavy atom. The van der Waals surface area contributed by atoms with Crippen LogP contribution >= 0.6 is 0 Å². The lowest BCUT2D eigenvalue weighted by Crippen LogP contribution is -2.59. The molecule has 22 heavy (non-hydrogen) atoms. The number of hydrogen-bond acceptors (Lipinski definition) is 6. The fourth-order valence-electron chi connectivity index (χ4n) is 3.91. The first kappa shape index (κ1) is 15.7. The molecule has 7 heteroatoms. The highest BCUT2D eigenvalue weighted by Gasteiger charge is 2.72. The van der Waals surface area contributed by atoms with Crippen molar-refractivity contribution in [3.05, 3.63) is 0 Å². The maximum absolute atomic E-state index is 12.9. The van der Waals surface area contributed by atoms with E-state index in [2.05, 4.69) is 0 Å². The Morgan fingerprint density at radius 1 is 1.50 bits per heavy atom. The first-order valence-corrected chi connectivity index (χ1v) is 7.57. The predicted octanol–water partition coefficient (Wildman–Crippen LogP) is -0.0912. The molecule has 124 valence electrons. The van der Waals surface area contributed by atoms with Gasteiger partial charge in [0, 0.05) is 5.41 Å². The van der Waals surface area contributed by atoms with Gasteiger partial charge in [-0.05, 0) is 6.42 Å². The van der Waals surface area contributed by atoms with Gasteiger partial charge in [-0.15, -0.1) is 0 Å². The van der Waals surface area contributed by atoms with Crippen molar-refractivity contribution in [2.45, 2.75) is 51.2 Å². The van der Waals surface area contributed by atoms with E-state index in [-0.39, 0.29) is 24.5 Å². The average molecular weight is 313 g/mol. The van der Waals surface area contributed by atoms with Gasteiger partial charge in [0.05, 0.1) is 32.3 Å². The molecule has 0 aromatic heterocycles. The van der Waals surface area contributed by atoms with E-state index >= 15 is 0 Å². The van der Waals surface area contributed by atoms with Crippen LogP contribution in [0.5, 0.6) is 0 Å². The summed E-state index contributed by atoms with van der Waals surface area (Å²) in [7, 11) is 1.30. The van der Waals surface area contributed by atoms with Crippen LogP contribution in [-0.4, -0.2) is 66.2 Å². The summed E-state index contributed by atoms with van der Waals surface area (Å²) in [6, 6.07) is 0. The molecule has 3 fully saturated rings. The average Bonchev–Trinajstić information content (AvgIpc) is 3.10. The lowest BCUT2D eigenvalue weighted by Gasteiger charge is -2.37. The number of fused-ring (bicyclic) bond motifs is 3. The minimum Gasteiger partial charge on any atom is -0.467 e. The molecule has 3 saturated heterocycles. The molecule has 5 atom stereocenters. The molecular formula is C15H23NO6. The zero-order chi connectivity index (χ0) is 16.3. The van der Waals surface area contributed by atoms with E-state index in [9.17, 15) is 14.7 Å². The van der Waals surface area contributed by atoms with Gasteiger partial charge in [-0.3, -0.25) is 9.69 Å². The molecule has 0 saturated carbocycles. The summed E-state index contributed by atoms with van der Waals surface area (Å²) in [4.78, 5) is 27.0. The molecule has 3 rings (SSSR count). The monoisotopic (exact) mass is 313 g/mol. The number of carbonyl (C=O) groups excluding carboxylic acids is 2. The van der Waals surface area contributed by atoms with Crippen LogP contribution in [-0.2, 0) is 23.8 Å². The van der Waals surface area contributed by atoms with Crippen LogP contribution in [0, 0.1) is 11.3 Å². The Bertz CT molecular complexity index is 501. The zero-order valence-corrected chi connectivity index (χ0v) is 13.4. The quantitative estimate of drug-likeness (QED) is 0.717. The number of ether oxygens (including phenoxy) is 3. The van der Waals surface area contributed by atoms with Crippen molar-refractivity contribution in [2.75, 3.05) is 20.3 Å². The Balaban J connectivity index is 2.04. The number of aliphatic hydroxyl groups excluding tert-OH is 1. The van der Waals surface area contributed by atoms with Gasteiger partial charge in [0.25, 0.3) is 0 Å². The maximum Gasteiger partial charge on any atom is 0.337 e. The molecule has 0 radical (unpaired) electrons. The summed E-state index contributed by atoms with van der Waals surface area (Å²) in [5, 5.41) is 9.31. The Labute approximate surface area is 129 Å². The van der Waals surface area contributed by atoms with Crippen molar-refractivity contribution in [3.63, 3.8) is 0 Å². The van der Waals surface area contributed by atoms with Crippen molar-refractivity contribution in [1.82, 2.24) is 4.90 Å². The van der Waals surface area contributed by atoms with Gasteiger partial charge >= 0.3 is 5.97 Å². The number of methoxy groups -OCH3 is 1. The van der Waals surface area contributed by atoms with Gasteiger partial charge in [-0.25, -0.2) is 4.79 Å². The third-order valence-corrected chi connectivity index (χ3v) is 4.86. The van der Waals surface area contributed by atoms with Crippen LogP contribution in [0.2, 0.25) is 0 Å². The highest BCUT2D eigenvalue weighted by atomic mass is 16.6. The van der Waals surface area contributed by atoms with Crippen molar-refractivity contribution in [1.29, 1.82) is 0 Å². The summed E-state index contributed by atoms with van der Waals surface area (Å²) in [5.41, 5.74) is -1.57. The first-order valence-electron chi connectivity index (χ1n) is 7.57. The SMILES string of the molecule is COC(=O)[C@]12CO[C@H](C(C)(C)C)N1C(=O)[C@@H]1C[C@H](CO)O[C@@H]12. The Morgan fingerprint density at radius 2 is 2.18 bits per heavy atom. The number of nitrogens with zero attached hydrogens (tertiary/aromatic N) is 1. The fourth-order valence-corrected chi connectivity index (χ4v) is 3.91. The first-order chi connectivity index (χ1) is 10.3. The third-order valence-electron chi connectivity index (χ3n) is 4.86. The molecule has 0 aliphatic carbocycles. The largest absolute Gasteiger partial charge is 0.467 e. The van der Waals surface area contributed by atoms with Crippen LogP contribution < -0.4 is 0 Å². The van der Waals surface area contributed by atoms with Gasteiger partial charge in [0.15, 0.2) is 5.54 Å². The van der Waals surface area contributed by atoms with Crippen LogP contribution in [0.25, 0.3) is 0 Å². The van der Waals surface area contributed by atoms with Gasteiger partial charge in [-0.2, -0.15) is 0 Å². The molecule has 0 spiro atoms. The lowest BCUT2D eigenvalue weighted by atomic mass is 9.88. The van der Waals surface area contributed by atoms with Crippen LogP contribution in [0.3, 0.4) is 0 Å². The van der Waals surface area contributed by atoms with E-state index in [1.165, 1.54) is 12.0 Å². The summed E-state index contributed by atoms with van der Waals surface area (Å²) in [6.07, 6.45) is -1.12. The number of esters is 1. The van der Waals surface area contributed by atoms with Gasteiger partial charge in [0.2, 0.25) is 5.91 Å². The molecule has 0 unspecified atom stereocenters. The van der Waals surface area contributed by atoms with Gasteiger partial charge in [0.1, 0.15) is 12.3 Å². The molecule has 3 aliphatic rings. The standard InChI is InChI=1S/C15H23NO6/c1-14(2,3)12-16-11(18)9-5-8(6-17)22-10(9)15(16,7-21-12)13(19)20-4/h8-10,12,17H,5-7H2,1-4H3/t8-,9-,10+,12-,15-/m1/s1. The minimum atomic E-state index is -1.24. The summed E-state index contributed by atoms with van der Waals surface area (Å²) in [6.45, 7) is 5.78. The molecular weight excluding hydrogens is 290 g/mol. The highest BCUT2D eigenvalue weighted by molar-refractivity contribution is 5.96. The molecule has 0 aromatic carbocycles. The van der Waals surface area contributed by atoms with Crippen molar-refractivity contribution in [2.24, 2.45) is 11.3 Å².